The van der Waals surface area contributed by atoms with Gasteiger partial charge in [-0.3, -0.25) is 4.99 Å². The second-order valence-electron chi connectivity index (χ2n) is 5.68. The normalized spacial score (nSPS) is 11.8. The van der Waals surface area contributed by atoms with Crippen molar-refractivity contribution in [3.05, 3.63) is 29.8 Å². The third kappa shape index (κ3) is 8.32. The summed E-state index contributed by atoms with van der Waals surface area (Å²) in [5.74, 6) is 0.925. The van der Waals surface area contributed by atoms with E-state index in [9.17, 15) is 8.42 Å². The Bertz CT molecular complexity index is 601. The second kappa shape index (κ2) is 11.7. The van der Waals surface area contributed by atoms with E-state index in [-0.39, 0.29) is 24.0 Å². The molecule has 1 aromatic carbocycles. The van der Waals surface area contributed by atoms with Crippen molar-refractivity contribution >= 4 is 39.8 Å². The molecule has 0 aromatic heterocycles. The van der Waals surface area contributed by atoms with Crippen LogP contribution in [0.1, 0.15) is 32.3 Å². The molecule has 0 saturated heterocycles. The maximum Gasteiger partial charge on any atom is 0.193 e. The van der Waals surface area contributed by atoms with Crippen molar-refractivity contribution in [3.63, 3.8) is 0 Å². The molecule has 0 atom stereocenters. The molecule has 1 aromatic rings. The summed E-state index contributed by atoms with van der Waals surface area (Å²) in [5.41, 5.74) is 1.09. The first-order valence-corrected chi connectivity index (χ1v) is 10.1. The fraction of sp³-hybridized carbons (Fsp3) is 0.588. The molecule has 0 saturated carbocycles. The third-order valence-electron chi connectivity index (χ3n) is 3.56. The van der Waals surface area contributed by atoms with Gasteiger partial charge in [0.25, 0.3) is 0 Å². The number of hydrogen-bond acceptors (Lipinski definition) is 3. The molecule has 5 nitrogen and oxygen atoms in total. The molecular weight excluding hydrogens is 437 g/mol. The summed E-state index contributed by atoms with van der Waals surface area (Å²) in [4.78, 5) is 7.16. The van der Waals surface area contributed by atoms with Gasteiger partial charge in [-0.25, -0.2) is 8.42 Å². The highest BCUT2D eigenvalue weighted by Crippen LogP contribution is 2.10. The topological polar surface area (TPSA) is 61.8 Å². The highest BCUT2D eigenvalue weighted by atomic mass is 127. The van der Waals surface area contributed by atoms with E-state index in [0.29, 0.717) is 11.4 Å². The number of halogens is 1. The van der Waals surface area contributed by atoms with E-state index >= 15 is 0 Å². The molecule has 24 heavy (non-hydrogen) atoms. The van der Waals surface area contributed by atoms with E-state index in [1.54, 1.807) is 12.1 Å². The van der Waals surface area contributed by atoms with Crippen molar-refractivity contribution in [2.45, 2.75) is 38.0 Å². The molecule has 0 aliphatic rings. The van der Waals surface area contributed by atoms with Gasteiger partial charge >= 0.3 is 0 Å². The molecule has 7 heteroatoms. The zero-order chi connectivity index (χ0) is 17.3. The summed E-state index contributed by atoms with van der Waals surface area (Å²) in [7, 11) is -1.07. The van der Waals surface area contributed by atoms with Crippen molar-refractivity contribution in [2.24, 2.45) is 4.99 Å². The first kappa shape index (κ1) is 23.2. The molecule has 138 valence electrons. The van der Waals surface area contributed by atoms with Gasteiger partial charge in [0.05, 0.1) is 4.90 Å². The summed E-state index contributed by atoms with van der Waals surface area (Å²) in [6.07, 6.45) is 4.33. The SMILES string of the molecule is CCCCN(C)C(=NCCc1ccc(S(C)(=O)=O)cc1)NCC.I. The Balaban J connectivity index is 0.00000529. The second-order valence-corrected chi connectivity index (χ2v) is 7.69. The predicted octanol–water partition coefficient (Wildman–Crippen LogP) is 2.95. The molecule has 0 heterocycles. The number of benzene rings is 1. The van der Waals surface area contributed by atoms with Crippen molar-refractivity contribution in [2.75, 3.05) is 32.9 Å². The Morgan fingerprint density at radius 1 is 1.21 bits per heavy atom. The zero-order valence-electron chi connectivity index (χ0n) is 15.1. The van der Waals surface area contributed by atoms with Crippen LogP contribution in [0.25, 0.3) is 0 Å². The lowest BCUT2D eigenvalue weighted by molar-refractivity contribution is 0.465. The van der Waals surface area contributed by atoms with Crippen LogP contribution in [0.3, 0.4) is 0 Å². The smallest absolute Gasteiger partial charge is 0.193 e. The van der Waals surface area contributed by atoms with Gasteiger partial charge in [-0.1, -0.05) is 25.5 Å². The summed E-state index contributed by atoms with van der Waals surface area (Å²) in [6.45, 7) is 6.76. The lowest BCUT2D eigenvalue weighted by atomic mass is 10.1. The summed E-state index contributed by atoms with van der Waals surface area (Å²) >= 11 is 0. The van der Waals surface area contributed by atoms with Crippen LogP contribution in [-0.4, -0.2) is 52.2 Å². The number of nitrogens with one attached hydrogen (secondary N) is 1. The summed E-state index contributed by atoms with van der Waals surface area (Å²) in [5, 5.41) is 3.30. The number of rotatable bonds is 8. The Morgan fingerprint density at radius 2 is 1.83 bits per heavy atom. The van der Waals surface area contributed by atoms with Gasteiger partial charge in [0.1, 0.15) is 0 Å². The number of sulfone groups is 1. The van der Waals surface area contributed by atoms with E-state index in [1.165, 1.54) is 6.26 Å². The van der Waals surface area contributed by atoms with Gasteiger partial charge < -0.3 is 10.2 Å². The molecule has 0 unspecified atom stereocenters. The van der Waals surface area contributed by atoms with Crippen LogP contribution in [-0.2, 0) is 16.3 Å². The minimum atomic E-state index is -3.13. The number of hydrogen-bond donors (Lipinski definition) is 1. The monoisotopic (exact) mass is 467 g/mol. The number of aliphatic imine (C=N–C) groups is 1. The third-order valence-corrected chi connectivity index (χ3v) is 4.69. The molecule has 0 bridgehead atoms. The molecule has 0 aliphatic heterocycles. The summed E-state index contributed by atoms with van der Waals surface area (Å²) < 4.78 is 22.9. The minimum absolute atomic E-state index is 0. The maximum atomic E-state index is 11.4. The van der Waals surface area contributed by atoms with Crippen molar-refractivity contribution in [1.29, 1.82) is 0 Å². The van der Waals surface area contributed by atoms with Crippen LogP contribution >= 0.6 is 24.0 Å². The van der Waals surface area contributed by atoms with Crippen LogP contribution in [0.15, 0.2) is 34.2 Å². The van der Waals surface area contributed by atoms with Gasteiger partial charge in [0.2, 0.25) is 0 Å². The average molecular weight is 467 g/mol. The predicted molar refractivity (Wildman–Crippen MR) is 112 cm³/mol. The van der Waals surface area contributed by atoms with Crippen LogP contribution in [0.4, 0.5) is 0 Å². The summed E-state index contributed by atoms with van der Waals surface area (Å²) in [6, 6.07) is 7.04. The van der Waals surface area contributed by atoms with E-state index in [2.05, 4.69) is 36.1 Å². The van der Waals surface area contributed by atoms with E-state index in [1.807, 2.05) is 12.1 Å². The Hall–Kier alpha value is -0.830. The molecule has 0 fully saturated rings. The highest BCUT2D eigenvalue weighted by Gasteiger charge is 2.07. The van der Waals surface area contributed by atoms with E-state index < -0.39 is 9.84 Å². The molecule has 0 amide bonds. The van der Waals surface area contributed by atoms with Crippen LogP contribution in [0.2, 0.25) is 0 Å². The number of nitrogens with zero attached hydrogens (tertiary/aromatic N) is 2. The van der Waals surface area contributed by atoms with Crippen molar-refractivity contribution in [3.8, 4) is 0 Å². The molecule has 0 radical (unpaired) electrons. The quantitative estimate of drug-likeness (QED) is 0.363. The van der Waals surface area contributed by atoms with Crippen molar-refractivity contribution in [1.82, 2.24) is 10.2 Å². The first-order valence-electron chi connectivity index (χ1n) is 8.17. The zero-order valence-corrected chi connectivity index (χ0v) is 18.2. The Kier molecular flexibility index (Phi) is 11.3. The van der Waals surface area contributed by atoms with Crippen LogP contribution in [0, 0.1) is 0 Å². The molecular formula is C17H30IN3O2S. The minimum Gasteiger partial charge on any atom is -0.357 e. The fourth-order valence-corrected chi connectivity index (χ4v) is 2.80. The van der Waals surface area contributed by atoms with E-state index in [4.69, 9.17) is 0 Å². The van der Waals surface area contributed by atoms with Crippen LogP contribution in [0.5, 0.6) is 0 Å². The number of guanidine groups is 1. The van der Waals surface area contributed by atoms with Gasteiger partial charge in [0.15, 0.2) is 15.8 Å². The van der Waals surface area contributed by atoms with Gasteiger partial charge in [-0.2, -0.15) is 0 Å². The Morgan fingerprint density at radius 3 is 2.33 bits per heavy atom. The Labute approximate surface area is 163 Å². The molecule has 0 aliphatic carbocycles. The highest BCUT2D eigenvalue weighted by molar-refractivity contribution is 14.0. The average Bonchev–Trinajstić information content (AvgIpc) is 2.51. The van der Waals surface area contributed by atoms with Gasteiger partial charge in [-0.15, -0.1) is 24.0 Å². The van der Waals surface area contributed by atoms with Gasteiger partial charge in [-0.05, 0) is 37.5 Å². The fourth-order valence-electron chi connectivity index (χ4n) is 2.17. The molecule has 0 spiro atoms. The van der Waals surface area contributed by atoms with Crippen LogP contribution < -0.4 is 5.32 Å². The number of unbranched alkanes of at least 4 members (excludes halogenated alkanes) is 1. The molecule has 1 N–H and O–H groups in total. The molecule has 1 rings (SSSR count). The first-order chi connectivity index (χ1) is 10.9. The maximum absolute atomic E-state index is 11.4. The largest absolute Gasteiger partial charge is 0.357 e. The lowest BCUT2D eigenvalue weighted by Gasteiger charge is -2.21. The van der Waals surface area contributed by atoms with Crippen molar-refractivity contribution < 1.29 is 8.42 Å². The van der Waals surface area contributed by atoms with E-state index in [0.717, 1.165) is 43.9 Å². The lowest BCUT2D eigenvalue weighted by Crippen LogP contribution is -2.39. The van der Waals surface area contributed by atoms with Gasteiger partial charge in [0, 0.05) is 32.9 Å². The standard InChI is InChI=1S/C17H29N3O2S.HI/c1-5-7-14-20(3)17(18-6-2)19-13-12-15-8-10-16(11-9-15)23(4,21)22;/h8-11H,5-7,12-14H2,1-4H3,(H,18,19);1H.